The number of carbonyl (C=O) groups excluding carboxylic acids is 2. The van der Waals surface area contributed by atoms with Gasteiger partial charge in [-0.1, -0.05) is 131 Å². The number of carbonyl (C=O) groups is 2. The lowest BCUT2D eigenvalue weighted by Gasteiger charge is -2.38. The minimum absolute atomic E-state index is 0.0169. The zero-order chi connectivity index (χ0) is 60.6. The van der Waals surface area contributed by atoms with Crippen molar-refractivity contribution < 1.29 is 23.6 Å². The molecule has 12 rings (SSSR count). The van der Waals surface area contributed by atoms with Gasteiger partial charge in [0.25, 0.3) is 0 Å². The molecule has 14 heteroatoms. The number of para-hydroxylation sites is 3. The second-order valence-electron chi connectivity index (χ2n) is 23.7. The number of nitrogens with zero attached hydrogens (tertiary/aromatic N) is 4. The predicted octanol–water partition coefficient (Wildman–Crippen LogP) is 12.8. The van der Waals surface area contributed by atoms with Crippen LogP contribution in [0.3, 0.4) is 0 Å². The molecular formula is C71H85N10O4+. The average molecular weight is 1140 g/mol. The van der Waals surface area contributed by atoms with Crippen LogP contribution in [0.2, 0.25) is 0 Å². The lowest BCUT2D eigenvalue weighted by molar-refractivity contribution is -0.537. The number of nitrogen functional groups attached to an aromatic ring is 4. The number of ether oxygens (including phenoxy) is 2. The van der Waals surface area contributed by atoms with Gasteiger partial charge < -0.3 is 57.7 Å². The van der Waals surface area contributed by atoms with E-state index in [4.69, 9.17) is 27.7 Å². The van der Waals surface area contributed by atoms with Gasteiger partial charge in [-0.15, -0.1) is 0 Å². The number of likely N-dealkylation sites (N-methyl/N-ethyl adjacent to an activating group) is 2. The van der Waals surface area contributed by atoms with Gasteiger partial charge >= 0.3 is 5.97 Å². The fourth-order valence-electron chi connectivity index (χ4n) is 12.6. The van der Waals surface area contributed by atoms with Crippen molar-refractivity contribution in [1.29, 1.82) is 0 Å². The van der Waals surface area contributed by atoms with Gasteiger partial charge in [-0.3, -0.25) is 9.59 Å². The van der Waals surface area contributed by atoms with Crippen molar-refractivity contribution in [3.05, 3.63) is 204 Å². The summed E-state index contributed by atoms with van der Waals surface area (Å²) in [5, 5.41) is 11.0. The van der Waals surface area contributed by atoms with Crippen LogP contribution in [-0.4, -0.2) is 93.8 Å². The molecule has 1 saturated heterocycles. The third-order valence-corrected chi connectivity index (χ3v) is 17.0. The molecule has 7 aromatic carbocycles. The molecule has 85 heavy (non-hydrogen) atoms. The van der Waals surface area contributed by atoms with E-state index in [2.05, 4.69) is 144 Å². The SMILES string of the molecule is CN1/C(=C/C=C2\CCC/C(=C\C=C3\N(C)c4ccccc4C3(C)C)C2=[N+]2CCN(C(=O)CCC(=O)OCC3(C)Nc4cccc5c(N)ccc(c45)N3)CC2)C(C)(C)c2ccccc21.COC.Nc1ccc(N)c2ccccc12.Nc1ccccc1. The van der Waals surface area contributed by atoms with Crippen molar-refractivity contribution in [2.75, 3.05) is 104 Å². The van der Waals surface area contributed by atoms with E-state index in [0.717, 1.165) is 82.3 Å². The Labute approximate surface area is 502 Å². The van der Waals surface area contributed by atoms with Crippen LogP contribution in [0.4, 0.5) is 45.5 Å². The number of amides is 1. The molecule has 1 amide bonds. The zero-order valence-electron chi connectivity index (χ0n) is 51.0. The number of hydrogen-bond donors (Lipinski definition) is 6. The molecule has 5 aliphatic rings. The standard InChI is InChI=1S/C53H62N7O3.C10H10N2.C6H7N.C2H6O/c1-51(2)38-17-8-10-20-43(38)57(6)45(51)26-22-35-14-12-15-36(23-27-46-52(3,4)39-18-9-11-21-44(39)58(46)7)50(35)60-32-30-59(31-33-60)47(61)28-29-48(62)63-34-53(5)55-41-19-13-16-37-40(54)24-25-42(56-53)49(37)41;11-9-5-6-10(12)8-4-2-1-3-7(8)9;7-6-4-2-1-3-5-6;1-3-2/h8-11,13,16-27,55-56H,12,14-15,28-34,54H2,1-7H3;1-6H,11-12H2;1-5H,7H2;1-2H3/q+1;;;. The summed E-state index contributed by atoms with van der Waals surface area (Å²) in [6, 6.07) is 48.3. The van der Waals surface area contributed by atoms with Crippen molar-refractivity contribution >= 4 is 84.6 Å². The number of methoxy groups -OCH3 is 1. The number of piperazine rings is 1. The molecule has 7 aromatic rings. The highest BCUT2D eigenvalue weighted by Crippen LogP contribution is 2.48. The molecule has 14 nitrogen and oxygen atoms in total. The summed E-state index contributed by atoms with van der Waals surface area (Å²) in [7, 11) is 7.60. The Bertz CT molecular complexity index is 3600. The van der Waals surface area contributed by atoms with Crippen LogP contribution in [0, 0.1) is 0 Å². The second-order valence-corrected chi connectivity index (χ2v) is 23.7. The highest BCUT2D eigenvalue weighted by molar-refractivity contribution is 6.11. The number of benzene rings is 7. The van der Waals surface area contributed by atoms with Gasteiger partial charge in [0.15, 0.2) is 13.1 Å². The molecule has 0 spiro atoms. The van der Waals surface area contributed by atoms with E-state index in [1.165, 1.54) is 50.8 Å². The van der Waals surface area contributed by atoms with E-state index >= 15 is 0 Å². The van der Waals surface area contributed by atoms with E-state index in [0.29, 0.717) is 18.8 Å². The number of allylic oxidation sites excluding steroid dienone is 8. The Morgan fingerprint density at radius 2 is 1.02 bits per heavy atom. The first-order valence-corrected chi connectivity index (χ1v) is 29.4. The Morgan fingerprint density at radius 3 is 1.53 bits per heavy atom. The van der Waals surface area contributed by atoms with Crippen molar-refractivity contribution in [2.24, 2.45) is 0 Å². The van der Waals surface area contributed by atoms with Crippen molar-refractivity contribution in [3.8, 4) is 0 Å². The van der Waals surface area contributed by atoms with E-state index in [1.54, 1.807) is 14.2 Å². The molecule has 0 radical (unpaired) electrons. The number of esters is 1. The maximum atomic E-state index is 13.6. The fraction of sp³-hybridized carbons (Fsp3) is 0.310. The lowest BCUT2D eigenvalue weighted by atomic mass is 9.82. The molecule has 1 unspecified atom stereocenters. The number of hydrogen-bond acceptors (Lipinski definition) is 12. The van der Waals surface area contributed by atoms with Crippen LogP contribution >= 0.6 is 0 Å². The van der Waals surface area contributed by atoms with Gasteiger partial charge in [-0.05, 0) is 104 Å². The summed E-state index contributed by atoms with van der Waals surface area (Å²) in [5.41, 5.74) is 38.9. The number of fused-ring (bicyclic) bond motifs is 3. The van der Waals surface area contributed by atoms with Gasteiger partial charge in [0.2, 0.25) is 11.6 Å². The van der Waals surface area contributed by atoms with Crippen molar-refractivity contribution in [1.82, 2.24) is 4.90 Å². The molecule has 442 valence electrons. The minimum atomic E-state index is -0.722. The lowest BCUT2D eigenvalue weighted by Crippen LogP contribution is -2.49. The molecular weight excluding hydrogens is 1060 g/mol. The molecule has 1 aliphatic carbocycles. The normalized spacial score (nSPS) is 19.9. The molecule has 2 fully saturated rings. The molecule has 1 saturated carbocycles. The van der Waals surface area contributed by atoms with Crippen molar-refractivity contribution in [3.63, 3.8) is 0 Å². The quantitative estimate of drug-likeness (QED) is 0.0503. The monoisotopic (exact) mass is 1140 g/mol. The van der Waals surface area contributed by atoms with Crippen LogP contribution in [0.15, 0.2) is 192 Å². The third kappa shape index (κ3) is 13.0. The third-order valence-electron chi connectivity index (χ3n) is 17.0. The van der Waals surface area contributed by atoms with Crippen LogP contribution < -0.4 is 43.4 Å². The van der Waals surface area contributed by atoms with Crippen LogP contribution in [0.5, 0.6) is 0 Å². The van der Waals surface area contributed by atoms with E-state index < -0.39 is 11.6 Å². The predicted molar refractivity (Wildman–Crippen MR) is 354 cm³/mol. The molecule has 10 N–H and O–H groups in total. The first-order valence-electron chi connectivity index (χ1n) is 29.4. The van der Waals surface area contributed by atoms with Crippen LogP contribution in [0.25, 0.3) is 21.5 Å². The molecule has 0 bridgehead atoms. The topological polar surface area (TPSA) is 193 Å². The summed E-state index contributed by atoms with van der Waals surface area (Å²) in [6.45, 7) is 14.0. The number of nitrogens with one attached hydrogen (secondary N) is 2. The smallest absolute Gasteiger partial charge is 0.306 e. The summed E-state index contributed by atoms with van der Waals surface area (Å²) in [5.74, 6) is -0.409. The molecule has 1 atom stereocenters. The van der Waals surface area contributed by atoms with Gasteiger partial charge in [-0.2, -0.15) is 0 Å². The Hall–Kier alpha value is -9.01. The summed E-state index contributed by atoms with van der Waals surface area (Å²) < 4.78 is 12.5. The molecule has 4 aliphatic heterocycles. The average Bonchev–Trinajstić information content (AvgIpc) is 1.91. The zero-order valence-corrected chi connectivity index (χ0v) is 51.0. The van der Waals surface area contributed by atoms with Crippen molar-refractivity contribution in [2.45, 2.75) is 83.2 Å². The number of anilines is 8. The summed E-state index contributed by atoms with van der Waals surface area (Å²) in [6.07, 6.45) is 12.6. The van der Waals surface area contributed by atoms with Gasteiger partial charge in [0, 0.05) is 135 Å². The van der Waals surface area contributed by atoms with E-state index in [9.17, 15) is 9.59 Å². The molecule has 0 aromatic heterocycles. The highest BCUT2D eigenvalue weighted by atomic mass is 16.5. The maximum absolute atomic E-state index is 13.6. The number of nitrogens with two attached hydrogens (primary N) is 4. The fourth-order valence-corrected chi connectivity index (χ4v) is 12.6. The summed E-state index contributed by atoms with van der Waals surface area (Å²) >= 11 is 0. The van der Waals surface area contributed by atoms with Gasteiger partial charge in [0.05, 0.1) is 19.5 Å². The van der Waals surface area contributed by atoms with Crippen LogP contribution in [0.1, 0.15) is 77.8 Å². The van der Waals surface area contributed by atoms with Gasteiger partial charge in [0.1, 0.15) is 12.3 Å². The first-order chi connectivity index (χ1) is 40.8. The minimum Gasteiger partial charge on any atom is -0.461 e. The summed E-state index contributed by atoms with van der Waals surface area (Å²) in [4.78, 5) is 33.3. The molecule has 4 heterocycles. The Balaban J connectivity index is 0.000000327. The largest absolute Gasteiger partial charge is 0.461 e. The second kappa shape index (κ2) is 25.9. The Morgan fingerprint density at radius 1 is 0.565 bits per heavy atom. The van der Waals surface area contributed by atoms with E-state index in [1.807, 2.05) is 109 Å². The van der Waals surface area contributed by atoms with E-state index in [-0.39, 0.29) is 36.2 Å². The maximum Gasteiger partial charge on any atom is 0.306 e. The first kappa shape index (κ1) is 60.6. The van der Waals surface area contributed by atoms with Gasteiger partial charge in [-0.25, -0.2) is 4.58 Å². The Kier molecular flexibility index (Phi) is 18.4. The number of rotatable bonds is 7. The van der Waals surface area contributed by atoms with Crippen LogP contribution in [-0.2, 0) is 29.9 Å². The highest BCUT2D eigenvalue weighted by Gasteiger charge is 2.40.